The summed E-state index contributed by atoms with van der Waals surface area (Å²) in [5.41, 5.74) is 4.55. The van der Waals surface area contributed by atoms with Crippen LogP contribution in [0.5, 0.6) is 5.75 Å². The first-order valence-corrected chi connectivity index (χ1v) is 7.10. The molecule has 0 unspecified atom stereocenters. The van der Waals surface area contributed by atoms with Gasteiger partial charge in [-0.05, 0) is 29.7 Å². The highest BCUT2D eigenvalue weighted by Gasteiger charge is 2.03. The third kappa shape index (κ3) is 5.50. The molecule has 6 heteroatoms. The van der Waals surface area contributed by atoms with Gasteiger partial charge in [0.1, 0.15) is 5.75 Å². The van der Waals surface area contributed by atoms with Gasteiger partial charge in [-0.2, -0.15) is 0 Å². The molecule has 2 amide bonds. The molecule has 0 fully saturated rings. The minimum Gasteiger partial charge on any atom is -0.484 e. The van der Waals surface area contributed by atoms with Gasteiger partial charge in [0.15, 0.2) is 6.61 Å². The summed E-state index contributed by atoms with van der Waals surface area (Å²) < 4.78 is 5.24. The third-order valence-corrected chi connectivity index (χ3v) is 3.22. The lowest BCUT2D eigenvalue weighted by molar-refractivity contribution is -0.128. The first kappa shape index (κ1) is 14.8. The quantitative estimate of drug-likeness (QED) is 0.655. The van der Waals surface area contributed by atoms with Gasteiger partial charge in [0.25, 0.3) is 11.8 Å². The number of benzene rings is 1. The van der Waals surface area contributed by atoms with Crippen LogP contribution < -0.4 is 15.6 Å². The lowest BCUT2D eigenvalue weighted by atomic mass is 10.3. The van der Waals surface area contributed by atoms with Gasteiger partial charge in [-0.25, -0.2) is 0 Å². The van der Waals surface area contributed by atoms with Gasteiger partial charge in [-0.15, -0.1) is 11.3 Å². The van der Waals surface area contributed by atoms with Crippen LogP contribution in [-0.4, -0.2) is 18.4 Å². The van der Waals surface area contributed by atoms with Crippen LogP contribution >= 0.6 is 11.3 Å². The molecule has 0 saturated carbocycles. The molecule has 0 aliphatic heterocycles. The van der Waals surface area contributed by atoms with Crippen molar-refractivity contribution in [3.63, 3.8) is 0 Å². The van der Waals surface area contributed by atoms with E-state index in [4.69, 9.17) is 4.74 Å². The van der Waals surface area contributed by atoms with Crippen LogP contribution in [0.3, 0.4) is 0 Å². The minimum atomic E-state index is -0.434. The summed E-state index contributed by atoms with van der Waals surface area (Å²) in [5, 5.41) is 1.92. The molecule has 2 rings (SSSR count). The van der Waals surface area contributed by atoms with Gasteiger partial charge in [-0.1, -0.05) is 24.3 Å². The highest BCUT2D eigenvalue weighted by atomic mass is 32.1. The zero-order valence-corrected chi connectivity index (χ0v) is 11.9. The van der Waals surface area contributed by atoms with Gasteiger partial charge < -0.3 is 4.74 Å². The van der Waals surface area contributed by atoms with Crippen LogP contribution in [0.15, 0.2) is 53.9 Å². The smallest absolute Gasteiger partial charge is 0.276 e. The molecule has 0 bridgehead atoms. The van der Waals surface area contributed by atoms with E-state index in [0.717, 1.165) is 4.88 Å². The number of carbonyl (C=O) groups excluding carboxylic acids is 2. The molecule has 0 spiro atoms. The Kier molecular flexibility index (Phi) is 5.54. The number of hydrogen-bond donors (Lipinski definition) is 2. The Morgan fingerprint density at radius 2 is 1.90 bits per heavy atom. The molecule has 0 aliphatic rings. The Morgan fingerprint density at radius 1 is 1.10 bits per heavy atom. The van der Waals surface area contributed by atoms with Crippen molar-refractivity contribution in [3.8, 4) is 5.75 Å². The summed E-state index contributed by atoms with van der Waals surface area (Å²) in [5.74, 6) is -0.246. The highest BCUT2D eigenvalue weighted by molar-refractivity contribution is 7.10. The SMILES string of the molecule is O=C(C=Cc1cccs1)NNC(=O)COc1ccccc1. The third-order valence-electron chi connectivity index (χ3n) is 2.38. The van der Waals surface area contributed by atoms with E-state index in [-0.39, 0.29) is 6.61 Å². The maximum absolute atomic E-state index is 11.5. The standard InChI is InChI=1S/C15H14N2O3S/c18-14(9-8-13-7-4-10-21-13)16-17-15(19)11-20-12-5-2-1-3-6-12/h1-10H,11H2,(H,16,18)(H,17,19). The Labute approximate surface area is 126 Å². The second-order valence-electron chi connectivity index (χ2n) is 3.99. The minimum absolute atomic E-state index is 0.168. The average Bonchev–Trinajstić information content (AvgIpc) is 3.03. The number of para-hydroxylation sites is 1. The first-order valence-electron chi connectivity index (χ1n) is 6.22. The zero-order valence-electron chi connectivity index (χ0n) is 11.1. The van der Waals surface area contributed by atoms with Crippen molar-refractivity contribution < 1.29 is 14.3 Å². The lowest BCUT2D eigenvalue weighted by Gasteiger charge is -2.07. The second kappa shape index (κ2) is 7.86. The summed E-state index contributed by atoms with van der Waals surface area (Å²) in [6.07, 6.45) is 3.02. The fraction of sp³-hybridized carbons (Fsp3) is 0.0667. The Balaban J connectivity index is 1.68. The van der Waals surface area contributed by atoms with Crippen LogP contribution in [0.2, 0.25) is 0 Å². The number of carbonyl (C=O) groups is 2. The molecule has 1 aromatic heterocycles. The highest BCUT2D eigenvalue weighted by Crippen LogP contribution is 2.09. The lowest BCUT2D eigenvalue weighted by Crippen LogP contribution is -2.43. The molecular formula is C15H14N2O3S. The summed E-state index contributed by atoms with van der Waals surface area (Å²) in [6, 6.07) is 12.7. The van der Waals surface area contributed by atoms with E-state index in [0.29, 0.717) is 5.75 Å². The van der Waals surface area contributed by atoms with Crippen molar-refractivity contribution in [3.05, 3.63) is 58.8 Å². The molecule has 0 aliphatic carbocycles. The molecule has 5 nitrogen and oxygen atoms in total. The number of ether oxygens (including phenoxy) is 1. The van der Waals surface area contributed by atoms with Crippen LogP contribution in [0, 0.1) is 0 Å². The molecule has 21 heavy (non-hydrogen) atoms. The van der Waals surface area contributed by atoms with Crippen molar-refractivity contribution in [2.45, 2.75) is 0 Å². The van der Waals surface area contributed by atoms with Gasteiger partial charge in [0, 0.05) is 11.0 Å². The van der Waals surface area contributed by atoms with Gasteiger partial charge >= 0.3 is 0 Å². The first-order chi connectivity index (χ1) is 10.2. The van der Waals surface area contributed by atoms with Crippen molar-refractivity contribution in [2.75, 3.05) is 6.61 Å². The van der Waals surface area contributed by atoms with Gasteiger partial charge in [0.2, 0.25) is 0 Å². The van der Waals surface area contributed by atoms with E-state index in [1.807, 2.05) is 35.7 Å². The Hall–Kier alpha value is -2.60. The van der Waals surface area contributed by atoms with Crippen molar-refractivity contribution in [1.82, 2.24) is 10.9 Å². The number of rotatable bonds is 5. The zero-order chi connectivity index (χ0) is 14.9. The maximum atomic E-state index is 11.5. The molecule has 2 aromatic rings. The van der Waals surface area contributed by atoms with Crippen molar-refractivity contribution >= 4 is 29.2 Å². The van der Waals surface area contributed by atoms with E-state index < -0.39 is 11.8 Å². The second-order valence-corrected chi connectivity index (χ2v) is 4.97. The van der Waals surface area contributed by atoms with Crippen molar-refractivity contribution in [1.29, 1.82) is 0 Å². The van der Waals surface area contributed by atoms with Gasteiger partial charge in [-0.3, -0.25) is 20.4 Å². The number of thiophene rings is 1. The molecular weight excluding hydrogens is 288 g/mol. The molecule has 0 radical (unpaired) electrons. The predicted octanol–water partition coefficient (Wildman–Crippen LogP) is 1.99. The van der Waals surface area contributed by atoms with Crippen molar-refractivity contribution in [2.24, 2.45) is 0 Å². The topological polar surface area (TPSA) is 67.4 Å². The molecule has 1 heterocycles. The summed E-state index contributed by atoms with van der Waals surface area (Å²) >= 11 is 1.52. The Bertz CT molecular complexity index is 609. The summed E-state index contributed by atoms with van der Waals surface area (Å²) in [7, 11) is 0. The molecule has 0 atom stereocenters. The van der Waals surface area contributed by atoms with Crippen LogP contribution in [0.25, 0.3) is 6.08 Å². The maximum Gasteiger partial charge on any atom is 0.276 e. The largest absolute Gasteiger partial charge is 0.484 e. The fourth-order valence-electron chi connectivity index (χ4n) is 1.42. The van der Waals surface area contributed by atoms with Crippen LogP contribution in [0.4, 0.5) is 0 Å². The molecule has 1 aromatic carbocycles. The summed E-state index contributed by atoms with van der Waals surface area (Å²) in [6.45, 7) is -0.168. The number of hydrazine groups is 1. The van der Waals surface area contributed by atoms with E-state index in [1.165, 1.54) is 17.4 Å². The summed E-state index contributed by atoms with van der Waals surface area (Å²) in [4.78, 5) is 23.9. The monoisotopic (exact) mass is 302 g/mol. The number of amides is 2. The van der Waals surface area contributed by atoms with Crippen LogP contribution in [0.1, 0.15) is 4.88 Å². The number of nitrogens with one attached hydrogen (secondary N) is 2. The fourth-order valence-corrected chi connectivity index (χ4v) is 2.04. The molecule has 108 valence electrons. The average molecular weight is 302 g/mol. The predicted molar refractivity (Wildman–Crippen MR) is 81.6 cm³/mol. The van der Waals surface area contributed by atoms with E-state index in [2.05, 4.69) is 10.9 Å². The number of hydrogen-bond acceptors (Lipinski definition) is 4. The normalized spacial score (nSPS) is 10.3. The van der Waals surface area contributed by atoms with Crippen LogP contribution in [-0.2, 0) is 9.59 Å². The van der Waals surface area contributed by atoms with E-state index >= 15 is 0 Å². The van der Waals surface area contributed by atoms with E-state index in [9.17, 15) is 9.59 Å². The van der Waals surface area contributed by atoms with Gasteiger partial charge in [0.05, 0.1) is 0 Å². The Morgan fingerprint density at radius 3 is 2.62 bits per heavy atom. The molecule has 0 saturated heterocycles. The van der Waals surface area contributed by atoms with E-state index in [1.54, 1.807) is 18.2 Å². The molecule has 2 N–H and O–H groups in total.